The molecule has 1 unspecified atom stereocenters. The van der Waals surface area contributed by atoms with E-state index in [0.717, 1.165) is 32.0 Å². The first-order valence-electron chi connectivity index (χ1n) is 6.76. The Morgan fingerprint density at radius 2 is 2.44 bits per heavy atom. The van der Waals surface area contributed by atoms with Crippen LogP contribution in [0.3, 0.4) is 0 Å². The number of piperidine rings is 1. The van der Waals surface area contributed by atoms with Crippen molar-refractivity contribution in [1.29, 1.82) is 0 Å². The van der Waals surface area contributed by atoms with Crippen molar-refractivity contribution in [1.82, 2.24) is 9.88 Å². The Balaban J connectivity index is 1.99. The van der Waals surface area contributed by atoms with Crippen molar-refractivity contribution in [2.75, 3.05) is 32.1 Å². The van der Waals surface area contributed by atoms with Gasteiger partial charge in [0, 0.05) is 38.5 Å². The topological polar surface area (TPSA) is 37.4 Å². The molecule has 1 fully saturated rings. The number of anilines is 1. The molecule has 0 amide bonds. The van der Waals surface area contributed by atoms with Crippen LogP contribution in [0.5, 0.6) is 0 Å². The van der Waals surface area contributed by atoms with Crippen LogP contribution in [0.2, 0.25) is 0 Å². The van der Waals surface area contributed by atoms with Crippen LogP contribution in [0.4, 0.5) is 5.82 Å². The van der Waals surface area contributed by atoms with Crippen LogP contribution in [0.15, 0.2) is 18.3 Å². The second-order valence-corrected chi connectivity index (χ2v) is 4.78. The van der Waals surface area contributed by atoms with Crippen molar-refractivity contribution < 1.29 is 4.74 Å². The molecule has 1 aliphatic rings. The zero-order valence-electron chi connectivity index (χ0n) is 11.4. The average Bonchev–Trinajstić information content (AvgIpc) is 2.41. The number of hydrogen-bond donors (Lipinski definition) is 1. The lowest BCUT2D eigenvalue weighted by Crippen LogP contribution is -2.38. The first-order chi connectivity index (χ1) is 8.83. The largest absolute Gasteiger partial charge is 0.380 e. The number of pyridine rings is 1. The summed E-state index contributed by atoms with van der Waals surface area (Å²) in [4.78, 5) is 6.86. The van der Waals surface area contributed by atoms with Gasteiger partial charge in [0.25, 0.3) is 0 Å². The summed E-state index contributed by atoms with van der Waals surface area (Å²) in [6, 6.07) is 4.16. The van der Waals surface area contributed by atoms with Crippen LogP contribution in [-0.4, -0.2) is 42.7 Å². The maximum atomic E-state index is 5.46. The molecule has 1 atom stereocenters. The molecule has 0 radical (unpaired) electrons. The maximum absolute atomic E-state index is 5.46. The summed E-state index contributed by atoms with van der Waals surface area (Å²) >= 11 is 0. The van der Waals surface area contributed by atoms with E-state index in [1.807, 2.05) is 19.4 Å². The van der Waals surface area contributed by atoms with Crippen molar-refractivity contribution in [3.63, 3.8) is 0 Å². The zero-order chi connectivity index (χ0) is 12.8. The van der Waals surface area contributed by atoms with Crippen molar-refractivity contribution in [3.8, 4) is 0 Å². The molecule has 4 heteroatoms. The van der Waals surface area contributed by atoms with Gasteiger partial charge >= 0.3 is 0 Å². The lowest BCUT2D eigenvalue weighted by Gasteiger charge is -2.32. The Labute approximate surface area is 109 Å². The Kier molecular flexibility index (Phi) is 4.96. The Bertz CT molecular complexity index is 370. The van der Waals surface area contributed by atoms with E-state index in [9.17, 15) is 0 Å². The van der Waals surface area contributed by atoms with Gasteiger partial charge in [0.05, 0.1) is 6.10 Å². The monoisotopic (exact) mass is 249 g/mol. The van der Waals surface area contributed by atoms with Gasteiger partial charge in [0.1, 0.15) is 5.82 Å². The Morgan fingerprint density at radius 1 is 1.56 bits per heavy atom. The van der Waals surface area contributed by atoms with Gasteiger partial charge in [-0.15, -0.1) is 0 Å². The minimum Gasteiger partial charge on any atom is -0.380 e. The maximum Gasteiger partial charge on any atom is 0.130 e. The van der Waals surface area contributed by atoms with Crippen LogP contribution >= 0.6 is 0 Å². The molecular weight excluding hydrogens is 226 g/mol. The summed E-state index contributed by atoms with van der Waals surface area (Å²) in [5.74, 6) is 1.01. The third kappa shape index (κ3) is 3.43. The van der Waals surface area contributed by atoms with Gasteiger partial charge in [-0.3, -0.25) is 4.90 Å². The molecule has 1 aliphatic heterocycles. The molecule has 4 nitrogen and oxygen atoms in total. The van der Waals surface area contributed by atoms with E-state index >= 15 is 0 Å². The number of rotatable bonds is 5. The summed E-state index contributed by atoms with van der Waals surface area (Å²) in [5, 5.41) is 3.32. The van der Waals surface area contributed by atoms with Crippen molar-refractivity contribution in [2.45, 2.75) is 32.4 Å². The molecule has 1 aromatic rings. The highest BCUT2D eigenvalue weighted by Crippen LogP contribution is 2.18. The highest BCUT2D eigenvalue weighted by atomic mass is 16.5. The second-order valence-electron chi connectivity index (χ2n) is 4.78. The van der Waals surface area contributed by atoms with Crippen molar-refractivity contribution in [2.24, 2.45) is 0 Å². The number of likely N-dealkylation sites (tertiary alicyclic amines) is 1. The van der Waals surface area contributed by atoms with Gasteiger partial charge in [-0.1, -0.05) is 6.07 Å². The number of nitrogens with one attached hydrogen (secondary N) is 1. The number of hydrogen-bond acceptors (Lipinski definition) is 4. The number of methoxy groups -OCH3 is 1. The quantitative estimate of drug-likeness (QED) is 0.867. The fourth-order valence-corrected chi connectivity index (χ4v) is 2.48. The fraction of sp³-hybridized carbons (Fsp3) is 0.643. The molecule has 0 spiro atoms. The lowest BCUT2D eigenvalue weighted by molar-refractivity contribution is 0.0286. The minimum absolute atomic E-state index is 0.387. The van der Waals surface area contributed by atoms with Crippen molar-refractivity contribution in [3.05, 3.63) is 23.9 Å². The Hall–Kier alpha value is -1.13. The molecule has 1 saturated heterocycles. The van der Waals surface area contributed by atoms with E-state index < -0.39 is 0 Å². The summed E-state index contributed by atoms with van der Waals surface area (Å²) in [6.45, 7) is 6.14. The molecule has 2 rings (SSSR count). The average molecular weight is 249 g/mol. The SMILES string of the molecule is CCNc1ncccc1CN1CCCC(OC)C1. The molecule has 1 aromatic heterocycles. The highest BCUT2D eigenvalue weighted by molar-refractivity contribution is 5.43. The molecule has 0 aromatic carbocycles. The summed E-state index contributed by atoms with van der Waals surface area (Å²) in [6.07, 6.45) is 4.63. The van der Waals surface area contributed by atoms with Crippen LogP contribution in [0.25, 0.3) is 0 Å². The first-order valence-corrected chi connectivity index (χ1v) is 6.76. The van der Waals surface area contributed by atoms with Gasteiger partial charge in [-0.2, -0.15) is 0 Å². The van der Waals surface area contributed by atoms with E-state index in [-0.39, 0.29) is 0 Å². The van der Waals surface area contributed by atoms with E-state index in [2.05, 4.69) is 28.2 Å². The number of ether oxygens (including phenoxy) is 1. The number of nitrogens with zero attached hydrogens (tertiary/aromatic N) is 2. The lowest BCUT2D eigenvalue weighted by atomic mass is 10.1. The normalized spacial score (nSPS) is 20.9. The van der Waals surface area contributed by atoms with Crippen LogP contribution < -0.4 is 5.32 Å². The standard InChI is InChI=1S/C14H23N3O/c1-3-15-14-12(6-4-8-16-14)10-17-9-5-7-13(11-17)18-2/h4,6,8,13H,3,5,7,9-11H2,1-2H3,(H,15,16). The molecule has 0 aliphatic carbocycles. The second kappa shape index (κ2) is 6.71. The van der Waals surface area contributed by atoms with E-state index in [1.165, 1.54) is 18.4 Å². The van der Waals surface area contributed by atoms with Gasteiger partial charge in [0.15, 0.2) is 0 Å². The molecule has 2 heterocycles. The molecule has 0 saturated carbocycles. The first kappa shape index (κ1) is 13.3. The minimum atomic E-state index is 0.387. The molecule has 18 heavy (non-hydrogen) atoms. The van der Waals surface area contributed by atoms with Gasteiger partial charge in [-0.25, -0.2) is 4.98 Å². The van der Waals surface area contributed by atoms with Crippen LogP contribution in [0.1, 0.15) is 25.3 Å². The van der Waals surface area contributed by atoms with E-state index in [0.29, 0.717) is 6.10 Å². The smallest absolute Gasteiger partial charge is 0.130 e. The predicted octanol–water partition coefficient (Wildman–Crippen LogP) is 2.12. The summed E-state index contributed by atoms with van der Waals surface area (Å²) in [7, 11) is 1.81. The zero-order valence-corrected chi connectivity index (χ0v) is 11.4. The van der Waals surface area contributed by atoms with E-state index in [1.54, 1.807) is 0 Å². The van der Waals surface area contributed by atoms with Crippen LogP contribution in [-0.2, 0) is 11.3 Å². The van der Waals surface area contributed by atoms with Crippen molar-refractivity contribution >= 4 is 5.82 Å². The fourth-order valence-electron chi connectivity index (χ4n) is 2.48. The predicted molar refractivity (Wildman–Crippen MR) is 73.7 cm³/mol. The Morgan fingerprint density at radius 3 is 3.22 bits per heavy atom. The molecule has 0 bridgehead atoms. The third-order valence-electron chi connectivity index (χ3n) is 3.43. The van der Waals surface area contributed by atoms with Crippen LogP contribution in [0, 0.1) is 0 Å². The highest BCUT2D eigenvalue weighted by Gasteiger charge is 2.20. The van der Waals surface area contributed by atoms with Gasteiger partial charge in [-0.05, 0) is 32.4 Å². The summed E-state index contributed by atoms with van der Waals surface area (Å²) in [5.41, 5.74) is 1.27. The molecule has 1 N–H and O–H groups in total. The number of aromatic nitrogens is 1. The van der Waals surface area contributed by atoms with E-state index in [4.69, 9.17) is 4.74 Å². The third-order valence-corrected chi connectivity index (χ3v) is 3.43. The summed E-state index contributed by atoms with van der Waals surface area (Å²) < 4.78 is 5.46. The van der Waals surface area contributed by atoms with Gasteiger partial charge in [0.2, 0.25) is 0 Å². The molecule has 100 valence electrons. The molecular formula is C14H23N3O. The van der Waals surface area contributed by atoms with Gasteiger partial charge < -0.3 is 10.1 Å².